The molecule has 5 heteroatoms. The Morgan fingerprint density at radius 2 is 1.69 bits per heavy atom. The lowest BCUT2D eigenvalue weighted by Gasteiger charge is -2.04. The largest absolute Gasteiger partial charge is 0.504 e. The van der Waals surface area contributed by atoms with E-state index < -0.39 is 23.1 Å². The van der Waals surface area contributed by atoms with Gasteiger partial charge in [-0.1, -0.05) is 25.4 Å². The third-order valence-electron chi connectivity index (χ3n) is 1.66. The smallest absolute Gasteiger partial charge is 0.229 e. The SMILES string of the molecule is CC.CC(=O)C(=O)c1ccc(O)c(O)c1Cl. The number of phenolic OH excluding ortho intramolecular Hbond substituents is 2. The van der Waals surface area contributed by atoms with Crippen LogP contribution in [0.25, 0.3) is 0 Å². The second-order valence-electron chi connectivity index (χ2n) is 2.68. The number of carbonyl (C=O) groups excluding carboxylic acids is 2. The van der Waals surface area contributed by atoms with E-state index >= 15 is 0 Å². The molecule has 2 N–H and O–H groups in total. The third kappa shape index (κ3) is 2.97. The first-order chi connectivity index (χ1) is 7.45. The fourth-order valence-electron chi connectivity index (χ4n) is 0.919. The summed E-state index contributed by atoms with van der Waals surface area (Å²) in [5.74, 6) is -2.52. The number of Topliss-reactive ketones (excluding diaryl/α,β-unsaturated/α-hetero) is 2. The molecule has 1 aromatic carbocycles. The maximum Gasteiger partial charge on any atom is 0.229 e. The van der Waals surface area contributed by atoms with Crippen LogP contribution in [0.15, 0.2) is 12.1 Å². The van der Waals surface area contributed by atoms with Crippen molar-refractivity contribution in [3.05, 3.63) is 22.7 Å². The maximum atomic E-state index is 11.2. The molecule has 4 nitrogen and oxygen atoms in total. The molecule has 0 aliphatic heterocycles. The molecule has 0 radical (unpaired) electrons. The van der Waals surface area contributed by atoms with Crippen LogP contribution in [-0.4, -0.2) is 21.8 Å². The molecule has 0 unspecified atom stereocenters. The van der Waals surface area contributed by atoms with Gasteiger partial charge in [0.05, 0.1) is 5.02 Å². The normalized spacial score (nSPS) is 9.00. The Hall–Kier alpha value is -1.55. The topological polar surface area (TPSA) is 74.6 Å². The van der Waals surface area contributed by atoms with Gasteiger partial charge in [-0.2, -0.15) is 0 Å². The summed E-state index contributed by atoms with van der Waals surface area (Å²) in [5, 5.41) is 17.9. The van der Waals surface area contributed by atoms with Crippen molar-refractivity contribution in [2.24, 2.45) is 0 Å². The quantitative estimate of drug-likeness (QED) is 0.476. The van der Waals surface area contributed by atoms with Crippen LogP contribution in [0.1, 0.15) is 31.1 Å². The first-order valence-electron chi connectivity index (χ1n) is 4.71. The number of hydrogen-bond acceptors (Lipinski definition) is 4. The van der Waals surface area contributed by atoms with Crippen molar-refractivity contribution in [3.8, 4) is 11.5 Å². The molecule has 0 aliphatic rings. The highest BCUT2D eigenvalue weighted by Crippen LogP contribution is 2.35. The summed E-state index contributed by atoms with van der Waals surface area (Å²) >= 11 is 5.55. The van der Waals surface area contributed by atoms with Crippen LogP contribution in [0.5, 0.6) is 11.5 Å². The molecule has 0 fully saturated rings. The van der Waals surface area contributed by atoms with Crippen molar-refractivity contribution < 1.29 is 19.8 Å². The van der Waals surface area contributed by atoms with Crippen molar-refractivity contribution in [1.29, 1.82) is 0 Å². The number of rotatable bonds is 2. The van der Waals surface area contributed by atoms with E-state index in [1.165, 1.54) is 6.07 Å². The second-order valence-corrected chi connectivity index (χ2v) is 3.06. The van der Waals surface area contributed by atoms with Gasteiger partial charge in [-0.25, -0.2) is 0 Å². The number of hydrogen-bond donors (Lipinski definition) is 2. The Morgan fingerprint density at radius 1 is 1.19 bits per heavy atom. The average Bonchev–Trinajstić information content (AvgIpc) is 2.28. The first kappa shape index (κ1) is 14.5. The number of halogens is 1. The van der Waals surface area contributed by atoms with E-state index in [1.54, 1.807) is 0 Å². The van der Waals surface area contributed by atoms with Crippen LogP contribution < -0.4 is 0 Å². The summed E-state index contributed by atoms with van der Waals surface area (Å²) in [6.07, 6.45) is 0. The molecular formula is C11H13ClO4. The Morgan fingerprint density at radius 3 is 2.12 bits per heavy atom. The summed E-state index contributed by atoms with van der Waals surface area (Å²) < 4.78 is 0. The molecule has 0 amide bonds. The highest BCUT2D eigenvalue weighted by Gasteiger charge is 2.18. The van der Waals surface area contributed by atoms with Gasteiger partial charge in [0.25, 0.3) is 0 Å². The van der Waals surface area contributed by atoms with Crippen LogP contribution in [0.3, 0.4) is 0 Å². The summed E-state index contributed by atoms with van der Waals surface area (Å²) in [7, 11) is 0. The van der Waals surface area contributed by atoms with Gasteiger partial charge >= 0.3 is 0 Å². The lowest BCUT2D eigenvalue weighted by Crippen LogP contribution is -2.10. The maximum absolute atomic E-state index is 11.2. The van der Waals surface area contributed by atoms with E-state index in [2.05, 4.69) is 0 Å². The fourth-order valence-corrected chi connectivity index (χ4v) is 1.17. The molecule has 0 atom stereocenters. The number of phenols is 2. The molecule has 1 rings (SSSR count). The van der Waals surface area contributed by atoms with Crippen molar-refractivity contribution in [1.82, 2.24) is 0 Å². The van der Waals surface area contributed by atoms with Crippen LogP contribution in [0.4, 0.5) is 0 Å². The van der Waals surface area contributed by atoms with E-state index in [1.807, 2.05) is 13.8 Å². The Labute approximate surface area is 98.5 Å². The van der Waals surface area contributed by atoms with Crippen molar-refractivity contribution in [3.63, 3.8) is 0 Å². The van der Waals surface area contributed by atoms with Crippen LogP contribution in [0.2, 0.25) is 5.02 Å². The van der Waals surface area contributed by atoms with Crippen molar-refractivity contribution >= 4 is 23.2 Å². The summed E-state index contributed by atoms with van der Waals surface area (Å²) in [6.45, 7) is 5.10. The molecule has 16 heavy (non-hydrogen) atoms. The average molecular weight is 245 g/mol. The Bertz CT molecular complexity index is 413. The predicted molar refractivity (Wildman–Crippen MR) is 61.1 cm³/mol. The fraction of sp³-hybridized carbons (Fsp3) is 0.273. The molecule has 1 aromatic rings. The van der Waals surface area contributed by atoms with Gasteiger partial charge in [0.1, 0.15) is 0 Å². The van der Waals surface area contributed by atoms with Crippen LogP contribution in [-0.2, 0) is 4.79 Å². The second kappa shape index (κ2) is 6.12. The van der Waals surface area contributed by atoms with Gasteiger partial charge in [-0.3, -0.25) is 9.59 Å². The van der Waals surface area contributed by atoms with E-state index in [9.17, 15) is 14.7 Å². The van der Waals surface area contributed by atoms with Crippen LogP contribution in [0, 0.1) is 0 Å². The lowest BCUT2D eigenvalue weighted by atomic mass is 10.1. The van der Waals surface area contributed by atoms with Gasteiger partial charge in [-0.05, 0) is 12.1 Å². The zero-order valence-corrected chi connectivity index (χ0v) is 10.00. The number of carbonyl (C=O) groups is 2. The zero-order chi connectivity index (χ0) is 12.9. The molecule has 0 spiro atoms. The Balaban J connectivity index is 0.00000106. The molecule has 0 saturated heterocycles. The molecule has 0 aliphatic carbocycles. The number of ketones is 2. The molecule has 0 bridgehead atoms. The first-order valence-corrected chi connectivity index (χ1v) is 5.08. The highest BCUT2D eigenvalue weighted by molar-refractivity contribution is 6.47. The summed E-state index contributed by atoms with van der Waals surface area (Å²) in [4.78, 5) is 21.9. The minimum Gasteiger partial charge on any atom is -0.504 e. The highest BCUT2D eigenvalue weighted by atomic mass is 35.5. The number of aromatic hydroxyl groups is 2. The molecule has 0 heterocycles. The lowest BCUT2D eigenvalue weighted by molar-refractivity contribution is -0.113. The van der Waals surface area contributed by atoms with E-state index in [4.69, 9.17) is 16.7 Å². The minimum atomic E-state index is -0.801. The summed E-state index contributed by atoms with van der Waals surface area (Å²) in [6, 6.07) is 2.28. The van der Waals surface area contributed by atoms with Gasteiger partial charge < -0.3 is 10.2 Å². The van der Waals surface area contributed by atoms with E-state index in [0.717, 1.165) is 13.0 Å². The van der Waals surface area contributed by atoms with Gasteiger partial charge in [0, 0.05) is 12.5 Å². The Kier molecular flexibility index (Phi) is 5.53. The third-order valence-corrected chi connectivity index (χ3v) is 2.04. The van der Waals surface area contributed by atoms with Gasteiger partial charge in [-0.15, -0.1) is 0 Å². The van der Waals surface area contributed by atoms with E-state index in [-0.39, 0.29) is 10.6 Å². The minimum absolute atomic E-state index is 0.116. The van der Waals surface area contributed by atoms with Gasteiger partial charge in [0.15, 0.2) is 17.3 Å². The molecule has 88 valence electrons. The monoisotopic (exact) mass is 244 g/mol. The number of benzene rings is 1. The predicted octanol–water partition coefficient (Wildman–Crippen LogP) is 2.55. The standard InChI is InChI=1S/C9H7ClO4.C2H6/c1-4(11)8(13)5-2-3-6(12)9(14)7(5)10;1-2/h2-3,12,14H,1H3;1-2H3. The molecule has 0 saturated carbocycles. The summed E-state index contributed by atoms with van der Waals surface area (Å²) in [5.41, 5.74) is -0.116. The van der Waals surface area contributed by atoms with Gasteiger partial charge in [0.2, 0.25) is 5.78 Å². The van der Waals surface area contributed by atoms with Crippen LogP contribution >= 0.6 is 11.6 Å². The van der Waals surface area contributed by atoms with Crippen molar-refractivity contribution in [2.75, 3.05) is 0 Å². The molecule has 0 aromatic heterocycles. The van der Waals surface area contributed by atoms with E-state index in [0.29, 0.717) is 0 Å². The van der Waals surface area contributed by atoms with Crippen molar-refractivity contribution in [2.45, 2.75) is 20.8 Å². The molecular weight excluding hydrogens is 232 g/mol. The zero-order valence-electron chi connectivity index (χ0n) is 9.24.